The lowest BCUT2D eigenvalue weighted by molar-refractivity contribution is 0.195. The molecule has 1 unspecified atom stereocenters. The Labute approximate surface area is 153 Å². The van der Waals surface area contributed by atoms with Crippen LogP contribution in [0.15, 0.2) is 66.7 Å². The van der Waals surface area contributed by atoms with Crippen molar-refractivity contribution in [2.75, 3.05) is 6.54 Å². The Hall–Kier alpha value is -2.88. The van der Waals surface area contributed by atoms with Gasteiger partial charge in [0.15, 0.2) is 0 Å². The summed E-state index contributed by atoms with van der Waals surface area (Å²) in [7, 11) is 0. The molecule has 134 valence electrons. The molecule has 0 saturated heterocycles. The van der Waals surface area contributed by atoms with E-state index >= 15 is 0 Å². The summed E-state index contributed by atoms with van der Waals surface area (Å²) in [6, 6.07) is 20.3. The molecule has 1 atom stereocenters. The number of hydrogen-bond donors (Lipinski definition) is 1. The topological polar surface area (TPSA) is 32.3 Å². The Balaban J connectivity index is 1.74. The molecule has 0 aliphatic heterocycles. The van der Waals surface area contributed by atoms with Crippen LogP contribution in [0.4, 0.5) is 9.18 Å². The molecule has 0 spiro atoms. The largest absolute Gasteiger partial charge is 0.331 e. The number of nitrogens with one attached hydrogen (secondary N) is 1. The highest BCUT2D eigenvalue weighted by Gasteiger charge is 2.17. The van der Waals surface area contributed by atoms with Crippen molar-refractivity contribution in [1.29, 1.82) is 0 Å². The summed E-state index contributed by atoms with van der Waals surface area (Å²) in [5, 5.41) is 5.35. The van der Waals surface area contributed by atoms with Crippen LogP contribution in [-0.2, 0) is 6.54 Å². The first kappa shape index (κ1) is 17.9. The summed E-state index contributed by atoms with van der Waals surface area (Å²) < 4.78 is 13.4. The summed E-state index contributed by atoms with van der Waals surface area (Å²) >= 11 is 0. The number of carbonyl (C=O) groups excluding carboxylic acids is 1. The zero-order valence-corrected chi connectivity index (χ0v) is 15.1. The summed E-state index contributed by atoms with van der Waals surface area (Å²) in [5.41, 5.74) is 1.86. The first-order valence-corrected chi connectivity index (χ1v) is 8.86. The van der Waals surface area contributed by atoms with Gasteiger partial charge in [0, 0.05) is 13.1 Å². The van der Waals surface area contributed by atoms with Crippen molar-refractivity contribution in [3.8, 4) is 0 Å². The monoisotopic (exact) mass is 350 g/mol. The molecule has 1 N–H and O–H groups in total. The van der Waals surface area contributed by atoms with Crippen LogP contribution in [0.3, 0.4) is 0 Å². The SMILES string of the molecule is CCN(Cc1cccc(F)c1)C(=O)NC(C)c1cccc2ccccc12. The van der Waals surface area contributed by atoms with E-state index in [0.29, 0.717) is 13.1 Å². The third kappa shape index (κ3) is 4.02. The summed E-state index contributed by atoms with van der Waals surface area (Å²) in [6.07, 6.45) is 0. The second-order valence-electron chi connectivity index (χ2n) is 6.38. The second-order valence-corrected chi connectivity index (χ2v) is 6.38. The predicted molar refractivity (Wildman–Crippen MR) is 103 cm³/mol. The maximum atomic E-state index is 13.4. The average Bonchev–Trinajstić information content (AvgIpc) is 2.65. The molecule has 0 aliphatic carbocycles. The Morgan fingerprint density at radius 3 is 2.58 bits per heavy atom. The molecular formula is C22H23FN2O. The average molecular weight is 350 g/mol. The molecule has 4 heteroatoms. The Morgan fingerprint density at radius 1 is 1.08 bits per heavy atom. The molecule has 3 nitrogen and oxygen atoms in total. The number of hydrogen-bond acceptors (Lipinski definition) is 1. The number of nitrogens with zero attached hydrogens (tertiary/aromatic N) is 1. The van der Waals surface area contributed by atoms with Crippen molar-refractivity contribution in [2.24, 2.45) is 0 Å². The van der Waals surface area contributed by atoms with E-state index in [4.69, 9.17) is 0 Å². The molecule has 0 bridgehead atoms. The van der Waals surface area contributed by atoms with Gasteiger partial charge >= 0.3 is 6.03 Å². The molecule has 0 aliphatic rings. The molecule has 0 saturated carbocycles. The van der Waals surface area contributed by atoms with E-state index in [2.05, 4.69) is 23.5 Å². The van der Waals surface area contributed by atoms with Gasteiger partial charge in [-0.15, -0.1) is 0 Å². The highest BCUT2D eigenvalue weighted by Crippen LogP contribution is 2.24. The molecule has 26 heavy (non-hydrogen) atoms. The van der Waals surface area contributed by atoms with Crippen LogP contribution in [0.5, 0.6) is 0 Å². The predicted octanol–water partition coefficient (Wildman–Crippen LogP) is 5.27. The third-order valence-electron chi connectivity index (χ3n) is 4.56. The molecule has 3 aromatic carbocycles. The van der Waals surface area contributed by atoms with Crippen molar-refractivity contribution in [2.45, 2.75) is 26.4 Å². The van der Waals surface area contributed by atoms with Crippen molar-refractivity contribution < 1.29 is 9.18 Å². The van der Waals surface area contributed by atoms with Crippen LogP contribution in [0.1, 0.15) is 31.0 Å². The number of benzene rings is 3. The molecule has 3 rings (SSSR count). The first-order chi connectivity index (χ1) is 12.6. The van der Waals surface area contributed by atoms with E-state index < -0.39 is 0 Å². The van der Waals surface area contributed by atoms with Gasteiger partial charge in [-0.3, -0.25) is 0 Å². The van der Waals surface area contributed by atoms with Crippen molar-refractivity contribution in [3.05, 3.63) is 83.7 Å². The lowest BCUT2D eigenvalue weighted by atomic mass is 10.00. The Bertz CT molecular complexity index is 904. The van der Waals surface area contributed by atoms with Crippen LogP contribution in [-0.4, -0.2) is 17.5 Å². The maximum Gasteiger partial charge on any atom is 0.318 e. The lowest BCUT2D eigenvalue weighted by Crippen LogP contribution is -2.40. The van der Waals surface area contributed by atoms with E-state index in [0.717, 1.165) is 21.9 Å². The quantitative estimate of drug-likeness (QED) is 0.668. The fourth-order valence-corrected chi connectivity index (χ4v) is 3.17. The van der Waals surface area contributed by atoms with E-state index in [1.54, 1.807) is 11.0 Å². The van der Waals surface area contributed by atoms with Crippen molar-refractivity contribution >= 4 is 16.8 Å². The maximum absolute atomic E-state index is 13.4. The van der Waals surface area contributed by atoms with Crippen molar-refractivity contribution in [1.82, 2.24) is 10.2 Å². The molecule has 0 fully saturated rings. The highest BCUT2D eigenvalue weighted by atomic mass is 19.1. The van der Waals surface area contributed by atoms with Gasteiger partial charge in [-0.05, 0) is 47.9 Å². The molecular weight excluding hydrogens is 327 g/mol. The Kier molecular flexibility index (Phi) is 5.52. The van der Waals surface area contributed by atoms with Crippen LogP contribution in [0, 0.1) is 5.82 Å². The second kappa shape index (κ2) is 8.00. The standard InChI is InChI=1S/C22H23FN2O/c1-3-25(15-17-8-6-11-19(23)14-17)22(26)24-16(2)20-13-7-10-18-9-4-5-12-21(18)20/h4-14,16H,3,15H2,1-2H3,(H,24,26). The molecule has 2 amide bonds. The van der Waals surface area contributed by atoms with Gasteiger partial charge in [0.25, 0.3) is 0 Å². The number of rotatable bonds is 5. The fourth-order valence-electron chi connectivity index (χ4n) is 3.17. The lowest BCUT2D eigenvalue weighted by Gasteiger charge is -2.25. The number of fused-ring (bicyclic) bond motifs is 1. The normalized spacial score (nSPS) is 12.0. The number of halogens is 1. The minimum absolute atomic E-state index is 0.129. The van der Waals surface area contributed by atoms with Crippen LogP contribution >= 0.6 is 0 Å². The van der Waals surface area contributed by atoms with Gasteiger partial charge in [0.05, 0.1) is 6.04 Å². The van der Waals surface area contributed by atoms with Crippen LogP contribution in [0.25, 0.3) is 10.8 Å². The van der Waals surface area contributed by atoms with Crippen LogP contribution in [0.2, 0.25) is 0 Å². The minimum Gasteiger partial charge on any atom is -0.331 e. The third-order valence-corrected chi connectivity index (χ3v) is 4.56. The zero-order valence-electron chi connectivity index (χ0n) is 15.1. The van der Waals surface area contributed by atoms with E-state index in [9.17, 15) is 9.18 Å². The minimum atomic E-state index is -0.289. The van der Waals surface area contributed by atoms with E-state index in [1.165, 1.54) is 12.1 Å². The summed E-state index contributed by atoms with van der Waals surface area (Å²) in [6.45, 7) is 4.82. The number of carbonyl (C=O) groups is 1. The van der Waals surface area contributed by atoms with E-state index in [1.807, 2.05) is 44.2 Å². The Morgan fingerprint density at radius 2 is 1.81 bits per heavy atom. The van der Waals surface area contributed by atoms with Crippen molar-refractivity contribution in [3.63, 3.8) is 0 Å². The number of amides is 2. The van der Waals surface area contributed by atoms with Gasteiger partial charge in [0.2, 0.25) is 0 Å². The highest BCUT2D eigenvalue weighted by molar-refractivity contribution is 5.86. The smallest absolute Gasteiger partial charge is 0.318 e. The van der Waals surface area contributed by atoms with Gasteiger partial charge in [-0.1, -0.05) is 54.6 Å². The molecule has 3 aromatic rings. The number of urea groups is 1. The summed E-state index contributed by atoms with van der Waals surface area (Å²) in [5.74, 6) is -0.289. The molecule has 0 heterocycles. The first-order valence-electron chi connectivity index (χ1n) is 8.86. The van der Waals surface area contributed by atoms with E-state index in [-0.39, 0.29) is 17.9 Å². The van der Waals surface area contributed by atoms with Gasteiger partial charge in [0.1, 0.15) is 5.82 Å². The molecule has 0 aromatic heterocycles. The summed E-state index contributed by atoms with van der Waals surface area (Å²) in [4.78, 5) is 14.4. The fraction of sp³-hybridized carbons (Fsp3) is 0.227. The molecule has 0 radical (unpaired) electrons. The van der Waals surface area contributed by atoms with Crippen LogP contribution < -0.4 is 5.32 Å². The zero-order chi connectivity index (χ0) is 18.5. The van der Waals surface area contributed by atoms with Gasteiger partial charge in [-0.2, -0.15) is 0 Å². The van der Waals surface area contributed by atoms with Gasteiger partial charge in [-0.25, -0.2) is 9.18 Å². The van der Waals surface area contributed by atoms with Gasteiger partial charge < -0.3 is 10.2 Å².